The highest BCUT2D eigenvalue weighted by atomic mass is 31.2. The highest BCUT2D eigenvalue weighted by molar-refractivity contribution is 7.47. The Morgan fingerprint density at radius 2 is 0.571 bits per heavy atom. The smallest absolute Gasteiger partial charge is 0.462 e. The molecule has 0 aliphatic rings. The molecule has 0 aromatic carbocycles. The topological polar surface area (TPSA) is 134 Å². The van der Waals surface area contributed by atoms with E-state index < -0.39 is 26.5 Å². The molecule has 0 aromatic heterocycles. The van der Waals surface area contributed by atoms with Crippen LogP contribution in [-0.2, 0) is 32.7 Å². The monoisotopic (exact) mass is 1300 g/mol. The predicted octanol–water partition coefficient (Wildman–Crippen LogP) is 27.0. The molecule has 2 unspecified atom stereocenters. The molecule has 0 rings (SSSR count). The second kappa shape index (κ2) is 77.2. The van der Waals surface area contributed by atoms with Gasteiger partial charge in [-0.25, -0.2) is 4.57 Å². The van der Waals surface area contributed by atoms with Crippen molar-refractivity contribution in [3.63, 3.8) is 0 Å². The van der Waals surface area contributed by atoms with Crippen molar-refractivity contribution in [3.8, 4) is 0 Å². The molecule has 0 saturated carbocycles. The molecule has 2 atom stereocenters. The minimum atomic E-state index is -4.39. The number of carbonyl (C=O) groups is 2. The zero-order chi connectivity index (χ0) is 65.8. The first-order valence-corrected chi connectivity index (χ1v) is 42.0. The van der Waals surface area contributed by atoms with Crippen LogP contribution in [0.3, 0.4) is 0 Å². The number of carbonyl (C=O) groups excluding carboxylic acids is 2. The maximum absolute atomic E-state index is 12.8. The molecule has 9 nitrogen and oxygen atoms in total. The zero-order valence-corrected chi connectivity index (χ0v) is 61.8. The number of nitrogens with two attached hydrogens (primary N) is 1. The minimum absolute atomic E-state index is 0.0572. The number of rotatable bonds is 78. The van der Waals surface area contributed by atoms with Gasteiger partial charge in [0.25, 0.3) is 0 Å². The normalized spacial score (nSPS) is 13.0. The van der Waals surface area contributed by atoms with E-state index in [0.29, 0.717) is 6.42 Å². The third-order valence-electron chi connectivity index (χ3n) is 18.5. The van der Waals surface area contributed by atoms with Gasteiger partial charge in [0.2, 0.25) is 0 Å². The minimum Gasteiger partial charge on any atom is -0.462 e. The molecule has 538 valence electrons. The first-order valence-electron chi connectivity index (χ1n) is 40.5. The summed E-state index contributed by atoms with van der Waals surface area (Å²) < 4.78 is 33.3. The lowest BCUT2D eigenvalue weighted by atomic mass is 10.0. The van der Waals surface area contributed by atoms with Gasteiger partial charge in [0.15, 0.2) is 6.10 Å². The third-order valence-corrected chi connectivity index (χ3v) is 19.5. The summed E-state index contributed by atoms with van der Waals surface area (Å²) in [4.78, 5) is 35.5. The number of allylic oxidation sites excluding steroid dienone is 6. The number of hydrogen-bond donors (Lipinski definition) is 2. The van der Waals surface area contributed by atoms with E-state index in [1.807, 2.05) is 0 Å². The van der Waals surface area contributed by atoms with E-state index in [1.165, 1.54) is 360 Å². The van der Waals surface area contributed by atoms with Gasteiger partial charge in [-0.3, -0.25) is 18.6 Å². The fourth-order valence-electron chi connectivity index (χ4n) is 12.5. The SMILES string of the molecule is CCCCCCC/C=C\C/C=C\C/C=C\CCCCCCCCCCCCCCCCCCCCCCCCCCCCC(=O)OC(COC(=O)CCCCCCCCCCCCCCCCCCCCCCCCCCCCCCC)COP(=O)(O)OCCN. The van der Waals surface area contributed by atoms with Crippen LogP contribution in [0.2, 0.25) is 0 Å². The van der Waals surface area contributed by atoms with Crippen LogP contribution in [0.15, 0.2) is 36.5 Å². The number of phosphoric ester groups is 1. The third kappa shape index (κ3) is 77.1. The lowest BCUT2D eigenvalue weighted by Gasteiger charge is -2.19. The van der Waals surface area contributed by atoms with E-state index >= 15 is 0 Å². The van der Waals surface area contributed by atoms with E-state index in [1.54, 1.807) is 0 Å². The summed E-state index contributed by atoms with van der Waals surface area (Å²) in [5, 5.41) is 0. The second-order valence-electron chi connectivity index (χ2n) is 27.7. The lowest BCUT2D eigenvalue weighted by molar-refractivity contribution is -0.161. The van der Waals surface area contributed by atoms with Gasteiger partial charge in [0, 0.05) is 19.4 Å². The highest BCUT2D eigenvalue weighted by Crippen LogP contribution is 2.43. The van der Waals surface area contributed by atoms with Gasteiger partial charge >= 0.3 is 19.8 Å². The van der Waals surface area contributed by atoms with E-state index in [-0.39, 0.29) is 38.6 Å². The van der Waals surface area contributed by atoms with E-state index in [2.05, 4.69) is 50.3 Å². The number of phosphoric acid groups is 1. The maximum atomic E-state index is 12.8. The number of ether oxygens (including phenoxy) is 2. The Morgan fingerprint density at radius 1 is 0.330 bits per heavy atom. The quantitative estimate of drug-likeness (QED) is 0.0264. The molecular weight excluding hydrogens is 1150 g/mol. The van der Waals surface area contributed by atoms with Crippen molar-refractivity contribution in [3.05, 3.63) is 36.5 Å². The first kappa shape index (κ1) is 89.2. The van der Waals surface area contributed by atoms with Crippen LogP contribution in [0.25, 0.3) is 0 Å². The van der Waals surface area contributed by atoms with Crippen molar-refractivity contribution >= 4 is 19.8 Å². The number of hydrogen-bond acceptors (Lipinski definition) is 8. The molecule has 0 aliphatic carbocycles. The fraction of sp³-hybridized carbons (Fsp3) is 0.901. The van der Waals surface area contributed by atoms with Gasteiger partial charge < -0.3 is 20.1 Å². The summed E-state index contributed by atoms with van der Waals surface area (Å²) in [6, 6.07) is 0. The Labute approximate surface area is 566 Å². The molecular formula is C81H156NO8P. The number of unbranched alkanes of at least 4 members (excludes halogenated alkanes) is 59. The van der Waals surface area contributed by atoms with Gasteiger partial charge in [-0.2, -0.15) is 0 Å². The predicted molar refractivity (Wildman–Crippen MR) is 395 cm³/mol. The van der Waals surface area contributed by atoms with Gasteiger partial charge in [-0.1, -0.05) is 410 Å². The molecule has 0 aliphatic heterocycles. The van der Waals surface area contributed by atoms with Crippen LogP contribution >= 0.6 is 7.82 Å². The van der Waals surface area contributed by atoms with Gasteiger partial charge in [-0.05, 0) is 51.4 Å². The summed E-state index contributed by atoms with van der Waals surface area (Å²) in [6.45, 7) is 3.83. The average Bonchev–Trinajstić information content (AvgIpc) is 3.74. The summed E-state index contributed by atoms with van der Waals surface area (Å²) in [5.74, 6) is -0.798. The first-order chi connectivity index (χ1) is 44.8. The summed E-state index contributed by atoms with van der Waals surface area (Å²) in [6.07, 6.45) is 98.7. The molecule has 0 saturated heterocycles. The molecule has 0 aromatic rings. The van der Waals surface area contributed by atoms with Crippen molar-refractivity contribution < 1.29 is 37.6 Å². The molecule has 0 radical (unpaired) electrons. The van der Waals surface area contributed by atoms with E-state index in [9.17, 15) is 19.0 Å². The molecule has 0 spiro atoms. The summed E-state index contributed by atoms with van der Waals surface area (Å²) in [5.41, 5.74) is 5.42. The molecule has 0 amide bonds. The van der Waals surface area contributed by atoms with Gasteiger partial charge in [-0.15, -0.1) is 0 Å². The summed E-state index contributed by atoms with van der Waals surface area (Å²) >= 11 is 0. The van der Waals surface area contributed by atoms with Crippen LogP contribution in [0.5, 0.6) is 0 Å². The van der Waals surface area contributed by atoms with Crippen molar-refractivity contribution in [1.29, 1.82) is 0 Å². The van der Waals surface area contributed by atoms with E-state index in [4.69, 9.17) is 24.3 Å². The van der Waals surface area contributed by atoms with Crippen molar-refractivity contribution in [1.82, 2.24) is 0 Å². The lowest BCUT2D eigenvalue weighted by Crippen LogP contribution is -2.29. The van der Waals surface area contributed by atoms with Gasteiger partial charge in [0.05, 0.1) is 13.2 Å². The molecule has 91 heavy (non-hydrogen) atoms. The maximum Gasteiger partial charge on any atom is 0.472 e. The summed E-state index contributed by atoms with van der Waals surface area (Å²) in [7, 11) is -4.39. The fourth-order valence-corrected chi connectivity index (χ4v) is 13.3. The van der Waals surface area contributed by atoms with Gasteiger partial charge in [0.1, 0.15) is 6.61 Å². The molecule has 0 heterocycles. The second-order valence-corrected chi connectivity index (χ2v) is 29.1. The zero-order valence-electron chi connectivity index (χ0n) is 60.9. The molecule has 0 bridgehead atoms. The standard InChI is InChI=1S/C81H156NO8P/c1-3-5-7-9-11-13-15-17-19-21-23-25-27-29-31-33-34-35-36-37-38-39-40-41-42-43-44-46-48-50-52-54-56-58-60-62-64-66-68-70-72-74-81(84)90-79(78-89-91(85,86)88-76-75-82)77-87-80(83)73-71-69-67-65-63-61-59-57-55-53-51-49-47-45-32-30-28-26-24-22-20-18-16-14-12-10-8-6-4-2/h15,17,21,23,27,29,79H,3-14,16,18-20,22,24-26,28,30-78,82H2,1-2H3,(H,85,86)/b17-15-,23-21-,29-27-. The van der Waals surface area contributed by atoms with Crippen molar-refractivity contribution in [2.75, 3.05) is 26.4 Å². The Kier molecular flexibility index (Phi) is 75.7. The van der Waals surface area contributed by atoms with E-state index in [0.717, 1.165) is 44.9 Å². The van der Waals surface area contributed by atoms with Crippen molar-refractivity contribution in [2.24, 2.45) is 5.73 Å². The Bertz CT molecular complexity index is 1590. The Morgan fingerprint density at radius 3 is 0.846 bits per heavy atom. The molecule has 0 fully saturated rings. The van der Waals surface area contributed by atoms with Crippen LogP contribution in [0, 0.1) is 0 Å². The number of esters is 2. The van der Waals surface area contributed by atoms with Crippen LogP contribution in [0.4, 0.5) is 0 Å². The van der Waals surface area contributed by atoms with Crippen LogP contribution in [0.1, 0.15) is 438 Å². The van der Waals surface area contributed by atoms with Crippen molar-refractivity contribution in [2.45, 2.75) is 444 Å². The average molecular weight is 1300 g/mol. The van der Waals surface area contributed by atoms with Crippen LogP contribution in [-0.4, -0.2) is 49.3 Å². The largest absolute Gasteiger partial charge is 0.472 e. The Balaban J connectivity index is 3.73. The molecule has 10 heteroatoms. The highest BCUT2D eigenvalue weighted by Gasteiger charge is 2.26. The Hall–Kier alpha value is -1.77. The molecule has 3 N–H and O–H groups in total. The van der Waals surface area contributed by atoms with Crippen LogP contribution < -0.4 is 5.73 Å².